The van der Waals surface area contributed by atoms with E-state index >= 15 is 0 Å². The molecule has 0 spiro atoms. The fourth-order valence-electron chi connectivity index (χ4n) is 5.43. The Morgan fingerprint density at radius 3 is 2.39 bits per heavy atom. The molecular formula is C30H40N2O4. The number of amides is 2. The molecule has 2 aromatic carbocycles. The lowest BCUT2D eigenvalue weighted by atomic mass is 9.91. The summed E-state index contributed by atoms with van der Waals surface area (Å²) in [6.45, 7) is 3.36. The van der Waals surface area contributed by atoms with Gasteiger partial charge in [-0.2, -0.15) is 0 Å². The Morgan fingerprint density at radius 2 is 1.67 bits per heavy atom. The van der Waals surface area contributed by atoms with Crippen molar-refractivity contribution >= 4 is 11.8 Å². The highest BCUT2D eigenvalue weighted by molar-refractivity contribution is 5.95. The summed E-state index contributed by atoms with van der Waals surface area (Å²) in [5, 5.41) is 0. The Labute approximate surface area is 215 Å². The molecule has 6 heteroatoms. The van der Waals surface area contributed by atoms with Gasteiger partial charge in [-0.1, -0.05) is 75.8 Å². The van der Waals surface area contributed by atoms with Crippen LogP contribution in [-0.4, -0.2) is 47.9 Å². The van der Waals surface area contributed by atoms with Gasteiger partial charge in [0.15, 0.2) is 0 Å². The second-order valence-corrected chi connectivity index (χ2v) is 9.97. The zero-order valence-corrected chi connectivity index (χ0v) is 21.8. The number of carbonyl (C=O) groups is 2. The number of para-hydroxylation sites is 1. The van der Waals surface area contributed by atoms with Crippen LogP contribution in [0.5, 0.6) is 11.5 Å². The van der Waals surface area contributed by atoms with Crippen LogP contribution in [-0.2, 0) is 16.1 Å². The highest BCUT2D eigenvalue weighted by Gasteiger charge is 2.43. The van der Waals surface area contributed by atoms with Crippen LogP contribution in [0.25, 0.3) is 0 Å². The lowest BCUT2D eigenvalue weighted by Gasteiger charge is -2.44. The van der Waals surface area contributed by atoms with Crippen LogP contribution in [0.4, 0.5) is 0 Å². The van der Waals surface area contributed by atoms with E-state index in [1.54, 1.807) is 12.0 Å². The Balaban J connectivity index is 1.57. The molecule has 6 nitrogen and oxygen atoms in total. The molecule has 1 aliphatic heterocycles. The summed E-state index contributed by atoms with van der Waals surface area (Å²) in [7, 11) is 1.63. The predicted molar refractivity (Wildman–Crippen MR) is 141 cm³/mol. The van der Waals surface area contributed by atoms with Gasteiger partial charge in [0.2, 0.25) is 5.91 Å². The fraction of sp³-hybridized carbons (Fsp3) is 0.533. The number of hydrogen-bond donors (Lipinski definition) is 0. The molecule has 194 valence electrons. The molecule has 0 N–H and O–H groups in total. The Kier molecular flexibility index (Phi) is 9.26. The van der Waals surface area contributed by atoms with Crippen LogP contribution in [0.3, 0.4) is 0 Å². The summed E-state index contributed by atoms with van der Waals surface area (Å²) < 4.78 is 11.5. The molecule has 1 saturated heterocycles. The van der Waals surface area contributed by atoms with Crippen molar-refractivity contribution in [3.63, 3.8) is 0 Å². The highest BCUT2D eigenvalue weighted by atomic mass is 16.5. The first-order chi connectivity index (χ1) is 17.6. The van der Waals surface area contributed by atoms with E-state index < -0.39 is 6.04 Å². The smallest absolute Gasteiger partial charge is 0.250 e. The molecule has 0 aromatic heterocycles. The highest BCUT2D eigenvalue weighted by Crippen LogP contribution is 2.35. The minimum absolute atomic E-state index is 0.0182. The van der Waals surface area contributed by atoms with Gasteiger partial charge in [0.25, 0.3) is 5.91 Å². The topological polar surface area (TPSA) is 59.1 Å². The predicted octanol–water partition coefficient (Wildman–Crippen LogP) is 5.90. The van der Waals surface area contributed by atoms with E-state index in [0.29, 0.717) is 13.2 Å². The van der Waals surface area contributed by atoms with Crippen molar-refractivity contribution in [2.45, 2.75) is 83.3 Å². The van der Waals surface area contributed by atoms with Crippen LogP contribution in [0.1, 0.15) is 81.9 Å². The molecule has 1 aliphatic carbocycles. The summed E-state index contributed by atoms with van der Waals surface area (Å²) in [6.07, 6.45) is 10.0. The van der Waals surface area contributed by atoms with E-state index in [2.05, 4.69) is 6.92 Å². The van der Waals surface area contributed by atoms with Crippen molar-refractivity contribution in [3.8, 4) is 11.5 Å². The SMILES string of the molecule is CCCCCCOc1ccc([C@H]2C(=O)N(C3CCCCC3)CC(=O)N2Cc2ccccc2OC)cc1. The lowest BCUT2D eigenvalue weighted by molar-refractivity contribution is -0.160. The average Bonchev–Trinajstić information content (AvgIpc) is 2.92. The van der Waals surface area contributed by atoms with Crippen LogP contribution >= 0.6 is 0 Å². The Bertz CT molecular complexity index is 1000. The number of carbonyl (C=O) groups excluding carboxylic acids is 2. The number of rotatable bonds is 11. The maximum absolute atomic E-state index is 14.0. The third-order valence-electron chi connectivity index (χ3n) is 7.47. The van der Waals surface area contributed by atoms with E-state index in [0.717, 1.165) is 54.7 Å². The summed E-state index contributed by atoms with van der Waals surface area (Å²) in [4.78, 5) is 31.1. The van der Waals surface area contributed by atoms with Crippen molar-refractivity contribution in [3.05, 3.63) is 59.7 Å². The molecule has 0 radical (unpaired) electrons. The lowest BCUT2D eigenvalue weighted by Crippen LogP contribution is -2.58. The van der Waals surface area contributed by atoms with Crippen molar-refractivity contribution < 1.29 is 19.1 Å². The van der Waals surface area contributed by atoms with Crippen molar-refractivity contribution in [2.24, 2.45) is 0 Å². The van der Waals surface area contributed by atoms with Gasteiger partial charge >= 0.3 is 0 Å². The van der Waals surface area contributed by atoms with Gasteiger partial charge in [-0.15, -0.1) is 0 Å². The van der Waals surface area contributed by atoms with Crippen molar-refractivity contribution in [1.29, 1.82) is 0 Å². The summed E-state index contributed by atoms with van der Waals surface area (Å²) in [5.74, 6) is 1.51. The number of hydrogen-bond acceptors (Lipinski definition) is 4. The number of piperazine rings is 1. The third-order valence-corrected chi connectivity index (χ3v) is 7.47. The molecule has 1 heterocycles. The molecule has 2 fully saturated rings. The molecular weight excluding hydrogens is 452 g/mol. The van der Waals surface area contributed by atoms with Gasteiger partial charge in [-0.3, -0.25) is 9.59 Å². The molecule has 36 heavy (non-hydrogen) atoms. The molecule has 2 aliphatic rings. The molecule has 1 saturated carbocycles. The molecule has 2 amide bonds. The fourth-order valence-corrected chi connectivity index (χ4v) is 5.43. The molecule has 0 unspecified atom stereocenters. The number of unbranched alkanes of at least 4 members (excludes halogenated alkanes) is 3. The second kappa shape index (κ2) is 12.8. The Morgan fingerprint density at radius 1 is 0.917 bits per heavy atom. The van der Waals surface area contributed by atoms with Gasteiger partial charge in [0.1, 0.15) is 24.1 Å². The van der Waals surface area contributed by atoms with E-state index in [-0.39, 0.29) is 24.4 Å². The first-order valence-electron chi connectivity index (χ1n) is 13.6. The zero-order chi connectivity index (χ0) is 25.3. The van der Waals surface area contributed by atoms with E-state index in [1.165, 1.54) is 25.7 Å². The van der Waals surface area contributed by atoms with E-state index in [1.807, 2.05) is 53.4 Å². The standard InChI is InChI=1S/C30H40N2O4/c1-3-4-5-11-20-36-26-18-16-23(17-19-26)29-30(34)31(25-13-7-6-8-14-25)22-28(33)32(29)21-24-12-9-10-15-27(24)35-2/h9-10,12,15-19,25,29H,3-8,11,13-14,20-22H2,1-2H3/t29-/m0/s1. The molecule has 2 aromatic rings. The maximum atomic E-state index is 14.0. The van der Waals surface area contributed by atoms with Crippen molar-refractivity contribution in [2.75, 3.05) is 20.3 Å². The second-order valence-electron chi connectivity index (χ2n) is 9.97. The quantitative estimate of drug-likeness (QED) is 0.367. The van der Waals surface area contributed by atoms with E-state index in [9.17, 15) is 9.59 Å². The molecule has 4 rings (SSSR count). The largest absolute Gasteiger partial charge is 0.496 e. The number of benzene rings is 2. The maximum Gasteiger partial charge on any atom is 0.250 e. The number of nitrogens with zero attached hydrogens (tertiary/aromatic N) is 2. The first kappa shape index (κ1) is 26.1. The first-order valence-corrected chi connectivity index (χ1v) is 13.6. The third kappa shape index (κ3) is 6.21. The van der Waals surface area contributed by atoms with Crippen LogP contribution in [0, 0.1) is 0 Å². The number of methoxy groups -OCH3 is 1. The molecule has 0 bridgehead atoms. The van der Waals surface area contributed by atoms with E-state index in [4.69, 9.17) is 9.47 Å². The normalized spacial score (nSPS) is 19.0. The van der Waals surface area contributed by atoms with Gasteiger partial charge in [0, 0.05) is 11.6 Å². The van der Waals surface area contributed by atoms with Crippen LogP contribution in [0.15, 0.2) is 48.5 Å². The number of ether oxygens (including phenoxy) is 2. The molecule has 1 atom stereocenters. The minimum Gasteiger partial charge on any atom is -0.496 e. The van der Waals surface area contributed by atoms with Gasteiger partial charge < -0.3 is 19.3 Å². The van der Waals surface area contributed by atoms with Crippen molar-refractivity contribution in [1.82, 2.24) is 9.80 Å². The monoisotopic (exact) mass is 492 g/mol. The van der Waals surface area contributed by atoms with Gasteiger partial charge in [0.05, 0.1) is 20.3 Å². The minimum atomic E-state index is -0.656. The van der Waals surface area contributed by atoms with Crippen LogP contribution < -0.4 is 9.47 Å². The van der Waals surface area contributed by atoms with Crippen LogP contribution in [0.2, 0.25) is 0 Å². The average molecular weight is 493 g/mol. The Hall–Kier alpha value is -3.02. The summed E-state index contributed by atoms with van der Waals surface area (Å²) in [5.41, 5.74) is 1.71. The van der Waals surface area contributed by atoms with Gasteiger partial charge in [-0.25, -0.2) is 0 Å². The summed E-state index contributed by atoms with van der Waals surface area (Å²) >= 11 is 0. The zero-order valence-electron chi connectivity index (χ0n) is 21.8. The summed E-state index contributed by atoms with van der Waals surface area (Å²) in [6, 6.07) is 14.9. The van der Waals surface area contributed by atoms with Gasteiger partial charge in [-0.05, 0) is 43.0 Å².